The lowest BCUT2D eigenvalue weighted by Gasteiger charge is -2.33. The van der Waals surface area contributed by atoms with Gasteiger partial charge >= 0.3 is 0 Å². The molecule has 0 aromatic rings. The van der Waals surface area contributed by atoms with Crippen LogP contribution in [0.25, 0.3) is 0 Å². The molecule has 1 saturated carbocycles. The van der Waals surface area contributed by atoms with E-state index in [1.54, 1.807) is 0 Å². The van der Waals surface area contributed by atoms with Gasteiger partial charge in [-0.15, -0.1) is 0 Å². The minimum Gasteiger partial charge on any atom is -0.381 e. The molecule has 0 aromatic carbocycles. The number of ether oxygens (including phenoxy) is 1. The first-order chi connectivity index (χ1) is 7.68. The van der Waals surface area contributed by atoms with Crippen LogP contribution < -0.4 is 5.32 Å². The molecular formula is C15H31NO. The van der Waals surface area contributed by atoms with E-state index in [9.17, 15) is 0 Å². The summed E-state index contributed by atoms with van der Waals surface area (Å²) in [6.45, 7) is 16.5. The molecule has 1 aliphatic rings. The van der Waals surface area contributed by atoms with Gasteiger partial charge in [-0.05, 0) is 50.9 Å². The van der Waals surface area contributed by atoms with E-state index in [1.807, 2.05) is 0 Å². The standard InChI is InChI=1S/C15H31NO/c1-14(2,3)13(9-16-15(4,5)6)11-17-10-12-7-8-12/h12-13,16H,7-11H2,1-6H3. The van der Waals surface area contributed by atoms with Crippen molar-refractivity contribution < 1.29 is 4.74 Å². The van der Waals surface area contributed by atoms with E-state index in [2.05, 4.69) is 46.9 Å². The highest BCUT2D eigenvalue weighted by Crippen LogP contribution is 2.30. The van der Waals surface area contributed by atoms with Crippen LogP contribution in [0.2, 0.25) is 0 Å². The van der Waals surface area contributed by atoms with Gasteiger partial charge < -0.3 is 10.1 Å². The fraction of sp³-hybridized carbons (Fsp3) is 1.00. The average Bonchev–Trinajstić information content (AvgIpc) is 2.90. The van der Waals surface area contributed by atoms with Crippen molar-refractivity contribution in [1.82, 2.24) is 5.32 Å². The van der Waals surface area contributed by atoms with E-state index in [1.165, 1.54) is 12.8 Å². The molecular weight excluding hydrogens is 210 g/mol. The summed E-state index contributed by atoms with van der Waals surface area (Å²) in [5.41, 5.74) is 0.502. The molecule has 102 valence electrons. The Balaban J connectivity index is 2.31. The van der Waals surface area contributed by atoms with Gasteiger partial charge in [0, 0.05) is 18.7 Å². The van der Waals surface area contributed by atoms with Gasteiger partial charge in [-0.1, -0.05) is 20.8 Å². The largest absolute Gasteiger partial charge is 0.381 e. The molecule has 0 spiro atoms. The fourth-order valence-electron chi connectivity index (χ4n) is 1.71. The van der Waals surface area contributed by atoms with Gasteiger partial charge in [-0.2, -0.15) is 0 Å². The first kappa shape index (κ1) is 15.0. The Morgan fingerprint density at radius 1 is 1.12 bits per heavy atom. The Bertz CT molecular complexity index is 220. The smallest absolute Gasteiger partial charge is 0.0511 e. The molecule has 0 saturated heterocycles. The van der Waals surface area contributed by atoms with E-state index in [-0.39, 0.29) is 5.54 Å². The summed E-state index contributed by atoms with van der Waals surface area (Å²) in [6, 6.07) is 0. The van der Waals surface area contributed by atoms with E-state index in [4.69, 9.17) is 4.74 Å². The molecule has 2 nitrogen and oxygen atoms in total. The van der Waals surface area contributed by atoms with Gasteiger partial charge in [0.05, 0.1) is 6.61 Å². The SMILES string of the molecule is CC(C)(C)NCC(COCC1CC1)C(C)(C)C. The second-order valence-electron chi connectivity index (χ2n) is 7.67. The van der Waals surface area contributed by atoms with Crippen molar-refractivity contribution in [3.8, 4) is 0 Å². The number of rotatable bonds is 6. The minimum atomic E-state index is 0.194. The van der Waals surface area contributed by atoms with Crippen LogP contribution in [0, 0.1) is 17.3 Å². The Hall–Kier alpha value is -0.0800. The summed E-state index contributed by atoms with van der Waals surface area (Å²) in [4.78, 5) is 0. The third kappa shape index (κ3) is 7.05. The zero-order chi connectivity index (χ0) is 13.1. The zero-order valence-electron chi connectivity index (χ0n) is 12.6. The zero-order valence-corrected chi connectivity index (χ0v) is 12.6. The van der Waals surface area contributed by atoms with Gasteiger partial charge in [-0.3, -0.25) is 0 Å². The Labute approximate surface area is 108 Å². The molecule has 17 heavy (non-hydrogen) atoms. The van der Waals surface area contributed by atoms with E-state index in [0.717, 1.165) is 25.7 Å². The summed E-state index contributed by atoms with van der Waals surface area (Å²) < 4.78 is 5.87. The van der Waals surface area contributed by atoms with Crippen LogP contribution in [0.3, 0.4) is 0 Å². The van der Waals surface area contributed by atoms with Crippen molar-refractivity contribution >= 4 is 0 Å². The van der Waals surface area contributed by atoms with Gasteiger partial charge in [-0.25, -0.2) is 0 Å². The molecule has 0 aromatic heterocycles. The molecule has 0 bridgehead atoms. The molecule has 0 amide bonds. The Morgan fingerprint density at radius 3 is 2.12 bits per heavy atom. The summed E-state index contributed by atoms with van der Waals surface area (Å²) >= 11 is 0. The van der Waals surface area contributed by atoms with Gasteiger partial charge in [0.15, 0.2) is 0 Å². The first-order valence-corrected chi connectivity index (χ1v) is 7.01. The monoisotopic (exact) mass is 241 g/mol. The molecule has 1 unspecified atom stereocenters. The summed E-state index contributed by atoms with van der Waals surface area (Å²) in [6.07, 6.45) is 2.75. The molecule has 0 aliphatic heterocycles. The van der Waals surface area contributed by atoms with Crippen molar-refractivity contribution in [2.24, 2.45) is 17.3 Å². The maximum atomic E-state index is 5.87. The van der Waals surface area contributed by atoms with Crippen molar-refractivity contribution in [3.63, 3.8) is 0 Å². The number of hydrogen-bond donors (Lipinski definition) is 1. The lowest BCUT2D eigenvalue weighted by molar-refractivity contribution is 0.0470. The van der Waals surface area contributed by atoms with Gasteiger partial charge in [0.2, 0.25) is 0 Å². The molecule has 2 heteroatoms. The second kappa shape index (κ2) is 5.71. The summed E-state index contributed by atoms with van der Waals surface area (Å²) in [5.74, 6) is 1.45. The third-order valence-electron chi connectivity index (χ3n) is 3.47. The second-order valence-corrected chi connectivity index (χ2v) is 7.67. The number of nitrogens with one attached hydrogen (secondary N) is 1. The van der Waals surface area contributed by atoms with Crippen molar-refractivity contribution in [2.45, 2.75) is 59.9 Å². The molecule has 0 radical (unpaired) electrons. The summed E-state index contributed by atoms with van der Waals surface area (Å²) in [5, 5.41) is 3.60. The van der Waals surface area contributed by atoms with E-state index in [0.29, 0.717) is 11.3 Å². The molecule has 1 aliphatic carbocycles. The highest BCUT2D eigenvalue weighted by atomic mass is 16.5. The van der Waals surface area contributed by atoms with Crippen LogP contribution in [0.15, 0.2) is 0 Å². The topological polar surface area (TPSA) is 21.3 Å². The lowest BCUT2D eigenvalue weighted by Crippen LogP contribution is -2.43. The highest BCUT2D eigenvalue weighted by Gasteiger charge is 2.27. The Kier molecular flexibility index (Phi) is 5.03. The van der Waals surface area contributed by atoms with E-state index >= 15 is 0 Å². The van der Waals surface area contributed by atoms with Crippen molar-refractivity contribution in [1.29, 1.82) is 0 Å². The molecule has 1 atom stereocenters. The molecule has 1 N–H and O–H groups in total. The van der Waals surface area contributed by atoms with Crippen LogP contribution in [0.4, 0.5) is 0 Å². The van der Waals surface area contributed by atoms with Gasteiger partial charge in [0.1, 0.15) is 0 Å². The lowest BCUT2D eigenvalue weighted by atomic mass is 9.81. The maximum Gasteiger partial charge on any atom is 0.0511 e. The highest BCUT2D eigenvalue weighted by molar-refractivity contribution is 4.80. The Morgan fingerprint density at radius 2 is 1.71 bits per heavy atom. The minimum absolute atomic E-state index is 0.194. The first-order valence-electron chi connectivity index (χ1n) is 7.01. The predicted molar refractivity (Wildman–Crippen MR) is 74.2 cm³/mol. The van der Waals surface area contributed by atoms with Gasteiger partial charge in [0.25, 0.3) is 0 Å². The number of hydrogen-bond acceptors (Lipinski definition) is 2. The van der Waals surface area contributed by atoms with Crippen molar-refractivity contribution in [3.05, 3.63) is 0 Å². The fourth-order valence-corrected chi connectivity index (χ4v) is 1.71. The van der Waals surface area contributed by atoms with Crippen LogP contribution in [0.5, 0.6) is 0 Å². The molecule has 1 rings (SSSR count). The third-order valence-corrected chi connectivity index (χ3v) is 3.47. The maximum absolute atomic E-state index is 5.87. The predicted octanol–water partition coefficient (Wildman–Crippen LogP) is 3.46. The normalized spacial score (nSPS) is 19.4. The molecule has 1 fully saturated rings. The van der Waals surface area contributed by atoms with Crippen molar-refractivity contribution in [2.75, 3.05) is 19.8 Å². The van der Waals surface area contributed by atoms with E-state index < -0.39 is 0 Å². The van der Waals surface area contributed by atoms with Crippen LogP contribution in [-0.2, 0) is 4.74 Å². The van der Waals surface area contributed by atoms with Crippen LogP contribution >= 0.6 is 0 Å². The average molecular weight is 241 g/mol. The summed E-state index contributed by atoms with van der Waals surface area (Å²) in [7, 11) is 0. The quantitative estimate of drug-likeness (QED) is 0.769. The molecule has 0 heterocycles. The van der Waals surface area contributed by atoms with Crippen LogP contribution in [0.1, 0.15) is 54.4 Å². The van der Waals surface area contributed by atoms with Crippen LogP contribution in [-0.4, -0.2) is 25.3 Å².